The Morgan fingerprint density at radius 2 is 2.00 bits per heavy atom. The fraction of sp³-hybridized carbons (Fsp3) is 0.633. The molecular weight excluding hydrogens is 488 g/mol. The number of carbonyl (C=O) groups is 2. The molecule has 6 nitrogen and oxygen atoms in total. The van der Waals surface area contributed by atoms with Crippen molar-refractivity contribution >= 4 is 17.6 Å². The number of carbonyl (C=O) groups excluding carboxylic acids is 2. The number of para-hydroxylation sites is 1. The monoisotopic (exact) mass is 527 g/mol. The SMILES string of the molecule is CC(C)OC(=O)C1CCCC2(C1)C(=O)N(Cc1nc3c(n1CC(C)(F)CCF)CCCC3)c1ccccc12. The van der Waals surface area contributed by atoms with Crippen LogP contribution in [0.25, 0.3) is 0 Å². The van der Waals surface area contributed by atoms with Crippen LogP contribution in [-0.2, 0) is 45.7 Å². The highest BCUT2D eigenvalue weighted by Crippen LogP contribution is 2.52. The van der Waals surface area contributed by atoms with Gasteiger partial charge >= 0.3 is 5.97 Å². The summed E-state index contributed by atoms with van der Waals surface area (Å²) in [6.07, 6.45) is 5.87. The van der Waals surface area contributed by atoms with Crippen LogP contribution >= 0.6 is 0 Å². The summed E-state index contributed by atoms with van der Waals surface area (Å²) >= 11 is 0. The highest BCUT2D eigenvalue weighted by molar-refractivity contribution is 6.08. The lowest BCUT2D eigenvalue weighted by Crippen LogP contribution is -2.45. The summed E-state index contributed by atoms with van der Waals surface area (Å²) < 4.78 is 35.9. The molecule has 38 heavy (non-hydrogen) atoms. The number of benzene rings is 1. The fourth-order valence-electron chi connectivity index (χ4n) is 6.71. The van der Waals surface area contributed by atoms with Crippen LogP contribution < -0.4 is 4.90 Å². The van der Waals surface area contributed by atoms with E-state index in [1.165, 1.54) is 6.92 Å². The standard InChI is InChI=1S/C30H39F2N3O3/c1-20(2)38-27(36)21-9-8-14-30(17-21)22-10-4-6-12-24(22)34(28(30)37)18-26-33-23-11-5-7-13-25(23)35(26)19-29(3,32)15-16-31/h4,6,10,12,20-21H,5,7-9,11,13-19H2,1-3H3. The van der Waals surface area contributed by atoms with Crippen molar-refractivity contribution in [3.63, 3.8) is 0 Å². The van der Waals surface area contributed by atoms with Crippen molar-refractivity contribution < 1.29 is 23.1 Å². The van der Waals surface area contributed by atoms with Crippen LogP contribution in [0.2, 0.25) is 0 Å². The van der Waals surface area contributed by atoms with E-state index in [4.69, 9.17) is 9.72 Å². The average Bonchev–Trinajstić information content (AvgIpc) is 3.32. The summed E-state index contributed by atoms with van der Waals surface area (Å²) in [5, 5.41) is 0. The van der Waals surface area contributed by atoms with Gasteiger partial charge in [-0.2, -0.15) is 0 Å². The maximum atomic E-state index is 15.3. The van der Waals surface area contributed by atoms with Crippen LogP contribution in [0, 0.1) is 5.92 Å². The summed E-state index contributed by atoms with van der Waals surface area (Å²) in [6, 6.07) is 7.82. The van der Waals surface area contributed by atoms with E-state index >= 15 is 4.39 Å². The number of ether oxygens (including phenoxy) is 1. The lowest BCUT2D eigenvalue weighted by Gasteiger charge is -2.36. The topological polar surface area (TPSA) is 64.4 Å². The molecule has 1 amide bonds. The summed E-state index contributed by atoms with van der Waals surface area (Å²) in [4.78, 5) is 33.8. The Balaban J connectivity index is 1.49. The summed E-state index contributed by atoms with van der Waals surface area (Å²) in [5.41, 5.74) is 1.26. The van der Waals surface area contributed by atoms with E-state index in [0.717, 1.165) is 54.7 Å². The van der Waals surface area contributed by atoms with Gasteiger partial charge in [0.15, 0.2) is 0 Å². The van der Waals surface area contributed by atoms with E-state index in [1.807, 2.05) is 42.7 Å². The number of hydrogen-bond acceptors (Lipinski definition) is 4. The second-order valence-corrected chi connectivity index (χ2v) is 11.8. The average molecular weight is 528 g/mol. The second kappa shape index (κ2) is 10.4. The van der Waals surface area contributed by atoms with Gasteiger partial charge in [-0.3, -0.25) is 14.0 Å². The van der Waals surface area contributed by atoms with Crippen molar-refractivity contribution in [2.24, 2.45) is 5.92 Å². The molecule has 2 heterocycles. The predicted molar refractivity (Wildman–Crippen MR) is 141 cm³/mol. The van der Waals surface area contributed by atoms with Crippen LogP contribution in [-0.4, -0.2) is 39.9 Å². The Kier molecular flexibility index (Phi) is 7.35. The van der Waals surface area contributed by atoms with Crippen molar-refractivity contribution in [2.45, 2.75) is 109 Å². The maximum Gasteiger partial charge on any atom is 0.309 e. The third-order valence-electron chi connectivity index (χ3n) is 8.52. The first-order valence-electron chi connectivity index (χ1n) is 14.1. The Hall–Kier alpha value is -2.77. The van der Waals surface area contributed by atoms with E-state index in [2.05, 4.69) is 0 Å². The molecule has 0 N–H and O–H groups in total. The van der Waals surface area contributed by atoms with Gasteiger partial charge in [0, 0.05) is 17.8 Å². The van der Waals surface area contributed by atoms with E-state index < -0.39 is 17.8 Å². The Labute approximate surface area is 223 Å². The molecule has 1 saturated carbocycles. The molecule has 1 aliphatic heterocycles. The summed E-state index contributed by atoms with van der Waals surface area (Å²) in [5.74, 6) is 0.0536. The van der Waals surface area contributed by atoms with Crippen LogP contribution in [0.4, 0.5) is 14.5 Å². The number of nitrogens with zero attached hydrogens (tertiary/aromatic N) is 3. The quantitative estimate of drug-likeness (QED) is 0.409. The predicted octanol–water partition coefficient (Wildman–Crippen LogP) is 5.78. The zero-order valence-corrected chi connectivity index (χ0v) is 22.8. The third-order valence-corrected chi connectivity index (χ3v) is 8.52. The van der Waals surface area contributed by atoms with E-state index in [-0.39, 0.29) is 43.4 Å². The summed E-state index contributed by atoms with van der Waals surface area (Å²) in [6.45, 7) is 4.64. The number of aromatic nitrogens is 2. The number of imidazole rings is 1. The van der Waals surface area contributed by atoms with Gasteiger partial charge in [-0.25, -0.2) is 9.37 Å². The van der Waals surface area contributed by atoms with E-state index in [1.54, 1.807) is 4.90 Å². The first kappa shape index (κ1) is 26.8. The fourth-order valence-corrected chi connectivity index (χ4v) is 6.71. The molecule has 2 aromatic rings. The van der Waals surface area contributed by atoms with Crippen LogP contribution in [0.1, 0.15) is 88.5 Å². The molecule has 8 heteroatoms. The highest BCUT2D eigenvalue weighted by atomic mass is 19.1. The number of aryl methyl sites for hydroxylation is 1. The molecule has 1 spiro atoms. The van der Waals surface area contributed by atoms with Crippen LogP contribution in [0.15, 0.2) is 24.3 Å². The van der Waals surface area contributed by atoms with Crippen LogP contribution in [0.5, 0.6) is 0 Å². The highest BCUT2D eigenvalue weighted by Gasteiger charge is 2.54. The lowest BCUT2D eigenvalue weighted by molar-refractivity contribution is -0.154. The van der Waals surface area contributed by atoms with Crippen molar-refractivity contribution in [2.75, 3.05) is 11.6 Å². The minimum absolute atomic E-state index is 0.0204. The van der Waals surface area contributed by atoms with Gasteiger partial charge in [-0.15, -0.1) is 0 Å². The van der Waals surface area contributed by atoms with Crippen LogP contribution in [0.3, 0.4) is 0 Å². The molecule has 0 bridgehead atoms. The van der Waals surface area contributed by atoms with Gasteiger partial charge < -0.3 is 14.2 Å². The first-order valence-corrected chi connectivity index (χ1v) is 14.1. The Morgan fingerprint density at radius 3 is 2.76 bits per heavy atom. The Bertz CT molecular complexity index is 1210. The number of halogens is 2. The normalized spacial score (nSPS) is 24.4. The van der Waals surface area contributed by atoms with Gasteiger partial charge in [-0.1, -0.05) is 24.6 Å². The van der Waals surface area contributed by atoms with Crippen molar-refractivity contribution in [3.05, 3.63) is 47.0 Å². The van der Waals surface area contributed by atoms with Crippen molar-refractivity contribution in [3.8, 4) is 0 Å². The lowest BCUT2D eigenvalue weighted by atomic mass is 9.66. The first-order chi connectivity index (χ1) is 18.1. The number of amides is 1. The number of fused-ring (bicyclic) bond motifs is 3. The molecule has 0 radical (unpaired) electrons. The number of hydrogen-bond donors (Lipinski definition) is 0. The van der Waals surface area contributed by atoms with Gasteiger partial charge in [0.1, 0.15) is 11.5 Å². The number of alkyl halides is 2. The number of anilines is 1. The molecule has 3 atom stereocenters. The Morgan fingerprint density at radius 1 is 1.24 bits per heavy atom. The largest absolute Gasteiger partial charge is 0.463 e. The van der Waals surface area contributed by atoms with Gasteiger partial charge in [0.2, 0.25) is 5.91 Å². The molecule has 3 unspecified atom stereocenters. The minimum atomic E-state index is -1.71. The minimum Gasteiger partial charge on any atom is -0.463 e. The zero-order chi connectivity index (χ0) is 27.1. The molecule has 2 aliphatic carbocycles. The smallest absolute Gasteiger partial charge is 0.309 e. The number of rotatable bonds is 8. The molecule has 1 aromatic heterocycles. The number of esters is 1. The molecule has 3 aliphatic rings. The van der Waals surface area contributed by atoms with Crippen molar-refractivity contribution in [1.29, 1.82) is 0 Å². The van der Waals surface area contributed by atoms with Gasteiger partial charge in [0.05, 0.1) is 42.9 Å². The van der Waals surface area contributed by atoms with E-state index in [0.29, 0.717) is 25.1 Å². The zero-order valence-electron chi connectivity index (χ0n) is 22.8. The molecule has 206 valence electrons. The molecule has 0 saturated heterocycles. The van der Waals surface area contributed by atoms with Crippen molar-refractivity contribution in [1.82, 2.24) is 9.55 Å². The molecule has 1 aromatic carbocycles. The molecule has 1 fully saturated rings. The van der Waals surface area contributed by atoms with Gasteiger partial charge in [-0.05, 0) is 77.3 Å². The van der Waals surface area contributed by atoms with Gasteiger partial charge in [0.25, 0.3) is 0 Å². The molecular formula is C30H39F2N3O3. The molecule has 5 rings (SSSR count). The summed E-state index contributed by atoms with van der Waals surface area (Å²) in [7, 11) is 0. The maximum absolute atomic E-state index is 15.3. The third kappa shape index (κ3) is 4.87. The second-order valence-electron chi connectivity index (χ2n) is 11.8. The van der Waals surface area contributed by atoms with E-state index in [9.17, 15) is 14.0 Å².